The zero-order valence-corrected chi connectivity index (χ0v) is 16.4. The highest BCUT2D eigenvalue weighted by molar-refractivity contribution is 7.99. The first kappa shape index (κ1) is 17.8. The number of ether oxygens (including phenoxy) is 1. The van der Waals surface area contributed by atoms with Crippen LogP contribution < -0.4 is 5.32 Å². The predicted molar refractivity (Wildman–Crippen MR) is 106 cm³/mol. The van der Waals surface area contributed by atoms with E-state index in [1.54, 1.807) is 11.8 Å². The summed E-state index contributed by atoms with van der Waals surface area (Å²) in [6.07, 6.45) is 0.661. The van der Waals surface area contributed by atoms with Gasteiger partial charge in [-0.1, -0.05) is 36.9 Å². The standard InChI is InChI=1S/C20H21N5OS/c1-4-27-19-24-23-18-16-12-26-20(2,3)10-14(16)15(11-21)17(25(18)19)22-13-8-6-5-7-9-13/h5-9,22H,4,10,12H2,1-3H3. The van der Waals surface area contributed by atoms with E-state index in [2.05, 4.69) is 28.5 Å². The molecule has 0 saturated heterocycles. The first-order chi connectivity index (χ1) is 13.0. The van der Waals surface area contributed by atoms with Crippen molar-refractivity contribution in [3.8, 4) is 6.07 Å². The van der Waals surface area contributed by atoms with Crippen molar-refractivity contribution in [2.45, 2.75) is 44.6 Å². The largest absolute Gasteiger partial charge is 0.370 e. The van der Waals surface area contributed by atoms with Crippen molar-refractivity contribution < 1.29 is 4.74 Å². The number of rotatable bonds is 4. The number of nitrogens with zero attached hydrogens (tertiary/aromatic N) is 4. The van der Waals surface area contributed by atoms with Crippen LogP contribution in [0.4, 0.5) is 11.5 Å². The summed E-state index contributed by atoms with van der Waals surface area (Å²) in [6, 6.07) is 12.3. The molecule has 4 rings (SSSR count). The van der Waals surface area contributed by atoms with E-state index in [9.17, 15) is 5.26 Å². The Kier molecular flexibility index (Phi) is 4.54. The van der Waals surface area contributed by atoms with Gasteiger partial charge in [0.25, 0.3) is 0 Å². The predicted octanol–water partition coefficient (Wildman–Crippen LogP) is 4.31. The van der Waals surface area contributed by atoms with Crippen LogP contribution >= 0.6 is 11.8 Å². The van der Waals surface area contributed by atoms with Crippen molar-refractivity contribution in [2.75, 3.05) is 11.1 Å². The minimum atomic E-state index is -0.317. The Morgan fingerprint density at radius 2 is 2.04 bits per heavy atom. The average molecular weight is 379 g/mol. The van der Waals surface area contributed by atoms with E-state index in [4.69, 9.17) is 4.74 Å². The van der Waals surface area contributed by atoms with Crippen LogP contribution in [0.15, 0.2) is 35.5 Å². The maximum Gasteiger partial charge on any atom is 0.197 e. The maximum atomic E-state index is 10.0. The van der Waals surface area contributed by atoms with Gasteiger partial charge < -0.3 is 10.1 Å². The Bertz CT molecular complexity index is 1040. The van der Waals surface area contributed by atoms with Crippen LogP contribution in [0.25, 0.3) is 5.65 Å². The normalized spacial score (nSPS) is 15.3. The van der Waals surface area contributed by atoms with Crippen molar-refractivity contribution in [1.29, 1.82) is 5.26 Å². The second-order valence-corrected chi connectivity index (χ2v) is 8.31. The smallest absolute Gasteiger partial charge is 0.197 e. The summed E-state index contributed by atoms with van der Waals surface area (Å²) in [5.41, 5.74) is 3.95. The van der Waals surface area contributed by atoms with E-state index < -0.39 is 0 Å². The molecule has 1 aliphatic rings. The number of fused-ring (bicyclic) bond motifs is 3. The summed E-state index contributed by atoms with van der Waals surface area (Å²) < 4.78 is 7.97. The second-order valence-electron chi connectivity index (χ2n) is 7.08. The van der Waals surface area contributed by atoms with E-state index in [-0.39, 0.29) is 5.60 Å². The Balaban J connectivity index is 2.01. The minimum Gasteiger partial charge on any atom is -0.370 e. The molecule has 0 saturated carbocycles. The number of anilines is 2. The molecule has 0 spiro atoms. The van der Waals surface area contributed by atoms with Crippen LogP contribution in [0.3, 0.4) is 0 Å². The zero-order chi connectivity index (χ0) is 19.0. The highest BCUT2D eigenvalue weighted by Crippen LogP contribution is 2.38. The SMILES string of the molecule is CCSc1nnc2c3c(c(C#N)c(Nc4ccccc4)n12)CC(C)(C)OC3. The van der Waals surface area contributed by atoms with Crippen molar-refractivity contribution in [2.24, 2.45) is 0 Å². The fraction of sp³-hybridized carbons (Fsp3) is 0.350. The molecule has 0 atom stereocenters. The van der Waals surface area contributed by atoms with Crippen molar-refractivity contribution in [3.05, 3.63) is 47.0 Å². The topological polar surface area (TPSA) is 75.2 Å². The van der Waals surface area contributed by atoms with E-state index >= 15 is 0 Å². The van der Waals surface area contributed by atoms with Crippen LogP contribution in [0.1, 0.15) is 37.5 Å². The summed E-state index contributed by atoms with van der Waals surface area (Å²) in [6.45, 7) is 6.61. The summed E-state index contributed by atoms with van der Waals surface area (Å²) in [5, 5.41) is 23.1. The zero-order valence-electron chi connectivity index (χ0n) is 15.6. The molecule has 0 bridgehead atoms. The Labute approximate surface area is 162 Å². The number of hydrogen-bond acceptors (Lipinski definition) is 6. The van der Waals surface area contributed by atoms with Crippen LogP contribution in [0.5, 0.6) is 0 Å². The molecule has 0 unspecified atom stereocenters. The number of thioether (sulfide) groups is 1. The summed E-state index contributed by atoms with van der Waals surface area (Å²) in [5.74, 6) is 1.59. The second kappa shape index (κ2) is 6.87. The molecule has 1 aromatic carbocycles. The lowest BCUT2D eigenvalue weighted by atomic mass is 9.89. The third kappa shape index (κ3) is 3.15. The van der Waals surface area contributed by atoms with Gasteiger partial charge in [-0.3, -0.25) is 4.40 Å². The van der Waals surface area contributed by atoms with E-state index in [1.807, 2.05) is 48.6 Å². The third-order valence-corrected chi connectivity index (χ3v) is 5.47. The highest BCUT2D eigenvalue weighted by Gasteiger charge is 2.33. The number of nitrogens with one attached hydrogen (secondary N) is 1. The molecular formula is C20H21N5OS. The lowest BCUT2D eigenvalue weighted by Gasteiger charge is -2.33. The van der Waals surface area contributed by atoms with Crippen LogP contribution in [-0.2, 0) is 17.8 Å². The molecule has 3 heterocycles. The average Bonchev–Trinajstić information content (AvgIpc) is 3.06. The highest BCUT2D eigenvalue weighted by atomic mass is 32.2. The number of benzene rings is 1. The Morgan fingerprint density at radius 1 is 1.26 bits per heavy atom. The number of para-hydroxylation sites is 1. The van der Waals surface area contributed by atoms with Crippen LogP contribution in [0, 0.1) is 11.3 Å². The molecule has 6 nitrogen and oxygen atoms in total. The van der Waals surface area contributed by atoms with Gasteiger partial charge in [0.1, 0.15) is 11.9 Å². The molecule has 3 aromatic rings. The Hall–Kier alpha value is -2.56. The summed E-state index contributed by atoms with van der Waals surface area (Å²) >= 11 is 1.60. The van der Waals surface area contributed by atoms with Crippen LogP contribution in [0.2, 0.25) is 0 Å². The molecule has 0 aliphatic carbocycles. The van der Waals surface area contributed by atoms with Crippen molar-refractivity contribution in [1.82, 2.24) is 14.6 Å². The number of hydrogen-bond donors (Lipinski definition) is 1. The molecule has 27 heavy (non-hydrogen) atoms. The van der Waals surface area contributed by atoms with Gasteiger partial charge in [-0.25, -0.2) is 0 Å². The summed E-state index contributed by atoms with van der Waals surface area (Å²) in [7, 11) is 0. The minimum absolute atomic E-state index is 0.317. The van der Waals surface area contributed by atoms with Gasteiger partial charge >= 0.3 is 0 Å². The van der Waals surface area contributed by atoms with Gasteiger partial charge in [0.15, 0.2) is 10.8 Å². The lowest BCUT2D eigenvalue weighted by Crippen LogP contribution is -2.33. The Morgan fingerprint density at radius 3 is 2.74 bits per heavy atom. The number of pyridine rings is 1. The number of nitriles is 1. The molecule has 0 amide bonds. The molecular weight excluding hydrogens is 358 g/mol. The van der Waals surface area contributed by atoms with Crippen molar-refractivity contribution >= 4 is 28.9 Å². The fourth-order valence-electron chi connectivity index (χ4n) is 3.42. The van der Waals surface area contributed by atoms with E-state index in [0.29, 0.717) is 18.6 Å². The van der Waals surface area contributed by atoms with Crippen molar-refractivity contribution in [3.63, 3.8) is 0 Å². The molecule has 138 valence electrons. The first-order valence-electron chi connectivity index (χ1n) is 8.96. The molecule has 0 radical (unpaired) electrons. The molecule has 0 fully saturated rings. The van der Waals surface area contributed by atoms with Gasteiger partial charge in [-0.2, -0.15) is 5.26 Å². The maximum absolute atomic E-state index is 10.0. The van der Waals surface area contributed by atoms with Gasteiger partial charge in [0.2, 0.25) is 0 Å². The molecule has 7 heteroatoms. The third-order valence-electron chi connectivity index (χ3n) is 4.66. The summed E-state index contributed by atoms with van der Waals surface area (Å²) in [4.78, 5) is 0. The van der Waals surface area contributed by atoms with Gasteiger partial charge in [-0.15, -0.1) is 10.2 Å². The molecule has 1 aliphatic heterocycles. The quantitative estimate of drug-likeness (QED) is 0.681. The van der Waals surface area contributed by atoms with Gasteiger partial charge in [0, 0.05) is 17.7 Å². The van der Waals surface area contributed by atoms with E-state index in [0.717, 1.165) is 39.2 Å². The first-order valence-corrected chi connectivity index (χ1v) is 9.94. The number of aromatic nitrogens is 3. The van der Waals surface area contributed by atoms with Gasteiger partial charge in [0.05, 0.1) is 17.8 Å². The van der Waals surface area contributed by atoms with Crippen LogP contribution in [-0.4, -0.2) is 26.0 Å². The molecule has 2 aromatic heterocycles. The fourth-order valence-corrected chi connectivity index (χ4v) is 4.08. The van der Waals surface area contributed by atoms with E-state index in [1.165, 1.54) is 0 Å². The monoisotopic (exact) mass is 379 g/mol. The molecule has 1 N–H and O–H groups in total. The lowest BCUT2D eigenvalue weighted by molar-refractivity contribution is -0.0397. The van der Waals surface area contributed by atoms with Gasteiger partial charge in [-0.05, 0) is 37.3 Å².